The predicted molar refractivity (Wildman–Crippen MR) is 108 cm³/mol. The van der Waals surface area contributed by atoms with Gasteiger partial charge in [0.15, 0.2) is 0 Å². The lowest BCUT2D eigenvalue weighted by atomic mass is 10.1. The van der Waals surface area contributed by atoms with Gasteiger partial charge in [-0.15, -0.1) is 0 Å². The molecule has 0 radical (unpaired) electrons. The fourth-order valence-corrected chi connectivity index (χ4v) is 2.52. The van der Waals surface area contributed by atoms with Gasteiger partial charge in [0, 0.05) is 5.69 Å². The number of rotatable bonds is 8. The topological polar surface area (TPSA) is 119 Å². The van der Waals surface area contributed by atoms with Crippen LogP contribution in [0.2, 0.25) is 0 Å². The predicted octanol–water partition coefficient (Wildman–Crippen LogP) is 3.56. The maximum Gasteiger partial charge on any atom is 0.284 e. The van der Waals surface area contributed by atoms with Gasteiger partial charge in [0.1, 0.15) is 23.1 Å². The summed E-state index contributed by atoms with van der Waals surface area (Å²) in [4.78, 5) is 22.6. The van der Waals surface area contributed by atoms with Gasteiger partial charge in [0.2, 0.25) is 0 Å². The number of carbonyl (C=O) groups is 1. The van der Waals surface area contributed by atoms with E-state index < -0.39 is 10.8 Å². The van der Waals surface area contributed by atoms with E-state index in [4.69, 9.17) is 9.15 Å². The number of methoxy groups -OCH3 is 1. The zero-order chi connectivity index (χ0) is 21.5. The number of nitrogens with one attached hydrogen (secondary N) is 2. The summed E-state index contributed by atoms with van der Waals surface area (Å²) in [5.74, 6) is 0.133. The average molecular weight is 412 g/mol. The summed E-state index contributed by atoms with van der Waals surface area (Å²) in [5.41, 5.74) is 3.03. The van der Waals surface area contributed by atoms with Gasteiger partial charge >= 0.3 is 0 Å². The van der Waals surface area contributed by atoms with Crippen molar-refractivity contribution in [1.29, 1.82) is 0 Å². The van der Waals surface area contributed by atoms with Gasteiger partial charge in [0.05, 0.1) is 36.4 Å². The summed E-state index contributed by atoms with van der Waals surface area (Å²) < 4.78 is 23.4. The second kappa shape index (κ2) is 9.32. The minimum absolute atomic E-state index is 0.0651. The highest BCUT2D eigenvalue weighted by atomic mass is 19.1. The molecule has 9 nitrogen and oxygen atoms in total. The quantitative estimate of drug-likeness (QED) is 0.332. The van der Waals surface area contributed by atoms with E-state index >= 15 is 0 Å². The Balaban J connectivity index is 1.60. The minimum atomic E-state index is -0.525. The number of hydrogen-bond acceptors (Lipinski definition) is 7. The molecular weight excluding hydrogens is 395 g/mol. The highest BCUT2D eigenvalue weighted by molar-refractivity contribution is 5.83. The molecule has 2 aromatic carbocycles. The van der Waals surface area contributed by atoms with E-state index in [1.165, 1.54) is 49.7 Å². The number of halogens is 1. The highest BCUT2D eigenvalue weighted by Crippen LogP contribution is 2.33. The fraction of sp³-hybridized carbons (Fsp3) is 0.100. The first kappa shape index (κ1) is 20.5. The monoisotopic (exact) mass is 412 g/mol. The molecular formula is C20H17FN4O5. The van der Waals surface area contributed by atoms with Crippen LogP contribution in [0.25, 0.3) is 11.3 Å². The van der Waals surface area contributed by atoms with Crippen LogP contribution in [0.5, 0.6) is 5.75 Å². The van der Waals surface area contributed by atoms with E-state index in [1.54, 1.807) is 18.2 Å². The van der Waals surface area contributed by atoms with Crippen molar-refractivity contribution in [2.24, 2.45) is 5.10 Å². The Morgan fingerprint density at radius 1 is 1.23 bits per heavy atom. The average Bonchev–Trinajstić information content (AvgIpc) is 3.21. The zero-order valence-corrected chi connectivity index (χ0v) is 15.8. The fourth-order valence-electron chi connectivity index (χ4n) is 2.52. The first-order valence-electron chi connectivity index (χ1n) is 8.70. The number of hydrazone groups is 1. The van der Waals surface area contributed by atoms with E-state index in [-0.39, 0.29) is 29.4 Å². The first-order chi connectivity index (χ1) is 14.5. The van der Waals surface area contributed by atoms with Gasteiger partial charge in [-0.05, 0) is 48.5 Å². The number of ether oxygens (including phenoxy) is 1. The van der Waals surface area contributed by atoms with Crippen LogP contribution < -0.4 is 15.5 Å². The Labute approximate surface area is 170 Å². The number of nitrogens with zero attached hydrogens (tertiary/aromatic N) is 2. The molecule has 154 valence electrons. The summed E-state index contributed by atoms with van der Waals surface area (Å²) in [6.07, 6.45) is 1.27. The summed E-state index contributed by atoms with van der Waals surface area (Å²) in [7, 11) is 1.42. The lowest BCUT2D eigenvalue weighted by Gasteiger charge is -2.04. The summed E-state index contributed by atoms with van der Waals surface area (Å²) in [6.45, 7) is -0.0651. The van der Waals surface area contributed by atoms with E-state index in [1.807, 2.05) is 0 Å². The van der Waals surface area contributed by atoms with Crippen molar-refractivity contribution in [1.82, 2.24) is 5.43 Å². The van der Waals surface area contributed by atoms with Crippen molar-refractivity contribution in [3.63, 3.8) is 0 Å². The van der Waals surface area contributed by atoms with Gasteiger partial charge in [-0.2, -0.15) is 5.10 Å². The first-order valence-corrected chi connectivity index (χ1v) is 8.70. The molecule has 3 aromatic rings. The maximum absolute atomic E-state index is 12.8. The Morgan fingerprint density at radius 3 is 2.70 bits per heavy atom. The number of furan rings is 1. The molecule has 0 aliphatic rings. The van der Waals surface area contributed by atoms with Crippen molar-refractivity contribution in [3.05, 3.63) is 76.3 Å². The number of benzene rings is 2. The third-order valence-corrected chi connectivity index (χ3v) is 3.97. The van der Waals surface area contributed by atoms with E-state index in [0.29, 0.717) is 17.2 Å². The van der Waals surface area contributed by atoms with E-state index in [2.05, 4.69) is 15.8 Å². The van der Waals surface area contributed by atoms with Gasteiger partial charge in [-0.1, -0.05) is 0 Å². The minimum Gasteiger partial charge on any atom is -0.497 e. The number of anilines is 1. The molecule has 0 saturated heterocycles. The summed E-state index contributed by atoms with van der Waals surface area (Å²) in [6, 6.07) is 13.1. The van der Waals surface area contributed by atoms with E-state index in [9.17, 15) is 19.3 Å². The van der Waals surface area contributed by atoms with Crippen LogP contribution in [-0.4, -0.2) is 30.7 Å². The van der Waals surface area contributed by atoms with Crippen molar-refractivity contribution in [3.8, 4) is 17.1 Å². The molecule has 3 rings (SSSR count). The Bertz CT molecular complexity index is 1080. The number of nitro groups is 1. The number of nitro benzene ring substituents is 1. The van der Waals surface area contributed by atoms with Gasteiger partial charge in [-0.25, -0.2) is 9.82 Å². The van der Waals surface area contributed by atoms with Crippen LogP contribution in [0.4, 0.5) is 15.8 Å². The Hall–Kier alpha value is -4.21. The lowest BCUT2D eigenvalue weighted by Crippen LogP contribution is -2.25. The summed E-state index contributed by atoms with van der Waals surface area (Å²) >= 11 is 0. The van der Waals surface area contributed by atoms with Gasteiger partial charge in [0.25, 0.3) is 11.6 Å². The van der Waals surface area contributed by atoms with Crippen LogP contribution in [0, 0.1) is 15.9 Å². The second-order valence-corrected chi connectivity index (χ2v) is 6.00. The molecule has 1 amide bonds. The molecule has 10 heteroatoms. The second-order valence-electron chi connectivity index (χ2n) is 6.00. The largest absolute Gasteiger partial charge is 0.497 e. The molecule has 0 atom stereocenters. The van der Waals surface area contributed by atoms with Crippen molar-refractivity contribution < 1.29 is 23.3 Å². The normalized spacial score (nSPS) is 10.7. The van der Waals surface area contributed by atoms with Gasteiger partial charge in [-0.3, -0.25) is 14.9 Å². The van der Waals surface area contributed by atoms with Crippen LogP contribution in [0.15, 0.2) is 64.1 Å². The molecule has 0 fully saturated rings. The van der Waals surface area contributed by atoms with Gasteiger partial charge < -0.3 is 14.5 Å². The van der Waals surface area contributed by atoms with Crippen molar-refractivity contribution in [2.45, 2.75) is 0 Å². The molecule has 1 heterocycles. The highest BCUT2D eigenvalue weighted by Gasteiger charge is 2.19. The van der Waals surface area contributed by atoms with E-state index in [0.717, 1.165) is 0 Å². The molecule has 0 saturated carbocycles. The molecule has 0 spiro atoms. The molecule has 0 unspecified atom stereocenters. The molecule has 0 aliphatic heterocycles. The molecule has 0 bridgehead atoms. The van der Waals surface area contributed by atoms with Crippen molar-refractivity contribution >= 4 is 23.5 Å². The zero-order valence-electron chi connectivity index (χ0n) is 15.8. The number of hydrogen-bond donors (Lipinski definition) is 2. The number of carbonyl (C=O) groups excluding carboxylic acids is 1. The van der Waals surface area contributed by atoms with Crippen LogP contribution in [0.3, 0.4) is 0 Å². The Morgan fingerprint density at radius 2 is 2.00 bits per heavy atom. The van der Waals surface area contributed by atoms with Crippen LogP contribution >= 0.6 is 0 Å². The Kier molecular flexibility index (Phi) is 6.38. The maximum atomic E-state index is 12.8. The molecule has 1 aromatic heterocycles. The molecule has 2 N–H and O–H groups in total. The summed E-state index contributed by atoms with van der Waals surface area (Å²) in [5, 5.41) is 17.9. The third kappa shape index (κ3) is 5.19. The lowest BCUT2D eigenvalue weighted by molar-refractivity contribution is -0.384. The number of amides is 1. The SMILES string of the molecule is COc1ccc(-c2ccc(/C=N\NC(=O)CNc3ccc(F)cc3)o2)c([N+](=O)[O-])c1. The molecule has 30 heavy (non-hydrogen) atoms. The standard InChI is InChI=1S/C20H17FN4O5/c1-29-15-6-8-17(18(10-15)25(27)28)19-9-7-16(30-19)11-23-24-20(26)12-22-14-4-2-13(21)3-5-14/h2-11,22H,12H2,1H3,(H,24,26)/b23-11-. The third-order valence-electron chi connectivity index (χ3n) is 3.97. The van der Waals surface area contributed by atoms with Crippen molar-refractivity contribution in [2.75, 3.05) is 19.0 Å². The smallest absolute Gasteiger partial charge is 0.284 e. The van der Waals surface area contributed by atoms with Crippen LogP contribution in [-0.2, 0) is 4.79 Å². The van der Waals surface area contributed by atoms with Crippen LogP contribution in [0.1, 0.15) is 5.76 Å². The molecule has 0 aliphatic carbocycles.